The molecule has 1 rings (SSSR count). The van der Waals surface area contributed by atoms with E-state index in [2.05, 4.69) is 11.1 Å². The van der Waals surface area contributed by atoms with Gasteiger partial charge in [0.15, 0.2) is 5.69 Å². The number of carbonyl (C=O) groups is 1. The van der Waals surface area contributed by atoms with Crippen LogP contribution in [0.15, 0.2) is 18.3 Å². The van der Waals surface area contributed by atoms with Crippen molar-refractivity contribution in [2.24, 2.45) is 0 Å². The normalized spacial score (nSPS) is 9.18. The number of hydrogen-bond acceptors (Lipinski definition) is 3. The third-order valence-corrected chi connectivity index (χ3v) is 1.07. The van der Waals surface area contributed by atoms with Gasteiger partial charge in [-0.05, 0) is 13.0 Å². The van der Waals surface area contributed by atoms with Crippen molar-refractivity contribution in [1.82, 2.24) is 4.98 Å². The highest BCUT2D eigenvalue weighted by molar-refractivity contribution is 5.86. The average molecular weight is 150 g/mol. The van der Waals surface area contributed by atoms with Gasteiger partial charge in [-0.25, -0.2) is 9.78 Å². The molecule has 1 heterocycles. The number of hydrogen-bond donors (Lipinski definition) is 0. The molecule has 1 radical (unpaired) electrons. The lowest BCUT2D eigenvalue weighted by molar-refractivity contribution is 0.0519. The van der Waals surface area contributed by atoms with Crippen molar-refractivity contribution in [2.45, 2.75) is 6.92 Å². The van der Waals surface area contributed by atoms with Crippen molar-refractivity contribution in [3.63, 3.8) is 0 Å². The second-order valence-electron chi connectivity index (χ2n) is 1.85. The Labute approximate surface area is 65.0 Å². The van der Waals surface area contributed by atoms with Gasteiger partial charge < -0.3 is 4.74 Å². The molecule has 1 aromatic heterocycles. The van der Waals surface area contributed by atoms with Crippen LogP contribution in [0.25, 0.3) is 0 Å². The number of nitrogens with zero attached hydrogens (tertiary/aromatic N) is 1. The largest absolute Gasteiger partial charge is 0.461 e. The lowest BCUT2D eigenvalue weighted by Crippen LogP contribution is -2.06. The van der Waals surface area contributed by atoms with E-state index < -0.39 is 5.97 Å². The Balaban J connectivity index is 2.69. The fourth-order valence-electron chi connectivity index (χ4n) is 0.636. The Bertz CT molecular complexity index is 233. The van der Waals surface area contributed by atoms with Gasteiger partial charge in [-0.15, -0.1) is 0 Å². The molecule has 0 saturated heterocycles. The zero-order chi connectivity index (χ0) is 8.10. The van der Waals surface area contributed by atoms with Crippen molar-refractivity contribution in [2.75, 3.05) is 6.61 Å². The molecule has 1 aromatic rings. The molecule has 0 aliphatic carbocycles. The van der Waals surface area contributed by atoms with Crippen molar-refractivity contribution in [3.05, 3.63) is 30.1 Å². The summed E-state index contributed by atoms with van der Waals surface area (Å²) in [6, 6.07) is 5.99. The van der Waals surface area contributed by atoms with Crippen LogP contribution in [-0.2, 0) is 4.74 Å². The zero-order valence-electron chi connectivity index (χ0n) is 6.20. The first kappa shape index (κ1) is 7.72. The van der Waals surface area contributed by atoms with Crippen molar-refractivity contribution >= 4 is 5.97 Å². The Morgan fingerprint density at radius 3 is 3.18 bits per heavy atom. The van der Waals surface area contributed by atoms with Gasteiger partial charge in [-0.2, -0.15) is 0 Å². The maximum Gasteiger partial charge on any atom is 0.357 e. The van der Waals surface area contributed by atoms with Gasteiger partial charge in [0.1, 0.15) is 0 Å². The lowest BCUT2D eigenvalue weighted by atomic mass is 10.4. The van der Waals surface area contributed by atoms with Gasteiger partial charge >= 0.3 is 5.97 Å². The number of rotatable bonds is 2. The number of ether oxygens (including phenoxy) is 1. The van der Waals surface area contributed by atoms with Gasteiger partial charge in [0, 0.05) is 12.3 Å². The molecule has 0 aromatic carbocycles. The summed E-state index contributed by atoms with van der Waals surface area (Å²) in [6.07, 6.45) is 1.53. The summed E-state index contributed by atoms with van der Waals surface area (Å²) < 4.78 is 4.70. The third-order valence-electron chi connectivity index (χ3n) is 1.07. The number of aromatic nitrogens is 1. The molecule has 0 aliphatic rings. The number of carbonyl (C=O) groups excluding carboxylic acids is 1. The van der Waals surface area contributed by atoms with E-state index in [1.54, 1.807) is 19.1 Å². The molecule has 0 saturated carbocycles. The van der Waals surface area contributed by atoms with E-state index in [0.717, 1.165) is 0 Å². The minimum Gasteiger partial charge on any atom is -0.461 e. The summed E-state index contributed by atoms with van der Waals surface area (Å²) >= 11 is 0. The maximum atomic E-state index is 10.9. The van der Waals surface area contributed by atoms with Gasteiger partial charge in [-0.1, -0.05) is 6.07 Å². The molecular formula is C8H8NO2. The SMILES string of the molecule is CCOC(=O)c1[c]cccn1. The standard InChI is InChI=1S/C8H8NO2/c1-2-11-8(10)7-5-3-4-6-9-7/h3-4,6H,2H2,1H3. The molecule has 0 N–H and O–H groups in total. The molecule has 3 heteroatoms. The maximum absolute atomic E-state index is 10.9. The predicted octanol–water partition coefficient (Wildman–Crippen LogP) is 1.06. The highest BCUT2D eigenvalue weighted by Crippen LogP contribution is 1.94. The van der Waals surface area contributed by atoms with E-state index in [-0.39, 0.29) is 5.69 Å². The van der Waals surface area contributed by atoms with Gasteiger partial charge in [0.25, 0.3) is 0 Å². The molecule has 0 amide bonds. The van der Waals surface area contributed by atoms with Crippen LogP contribution in [-0.4, -0.2) is 17.6 Å². The van der Waals surface area contributed by atoms with Crippen LogP contribution in [0.5, 0.6) is 0 Å². The smallest absolute Gasteiger partial charge is 0.357 e. The van der Waals surface area contributed by atoms with Crippen LogP contribution >= 0.6 is 0 Å². The first-order chi connectivity index (χ1) is 5.34. The molecular weight excluding hydrogens is 142 g/mol. The molecule has 3 nitrogen and oxygen atoms in total. The van der Waals surface area contributed by atoms with E-state index >= 15 is 0 Å². The van der Waals surface area contributed by atoms with E-state index in [1.807, 2.05) is 0 Å². The molecule has 0 fully saturated rings. The summed E-state index contributed by atoms with van der Waals surface area (Å²) in [4.78, 5) is 14.7. The quantitative estimate of drug-likeness (QED) is 0.592. The number of pyridine rings is 1. The van der Waals surface area contributed by atoms with E-state index in [9.17, 15) is 4.79 Å². The highest BCUT2D eigenvalue weighted by atomic mass is 16.5. The van der Waals surface area contributed by atoms with Crippen LogP contribution in [0.4, 0.5) is 0 Å². The molecule has 57 valence electrons. The molecule has 0 spiro atoms. The van der Waals surface area contributed by atoms with Crippen molar-refractivity contribution in [3.8, 4) is 0 Å². The Morgan fingerprint density at radius 1 is 1.82 bits per heavy atom. The van der Waals surface area contributed by atoms with Crippen molar-refractivity contribution in [1.29, 1.82) is 0 Å². The molecule has 0 atom stereocenters. The van der Waals surface area contributed by atoms with Crippen molar-refractivity contribution < 1.29 is 9.53 Å². The van der Waals surface area contributed by atoms with Crippen LogP contribution in [0.3, 0.4) is 0 Å². The predicted molar refractivity (Wildman–Crippen MR) is 39.0 cm³/mol. The van der Waals surface area contributed by atoms with Gasteiger partial charge in [0.05, 0.1) is 6.61 Å². The summed E-state index contributed by atoms with van der Waals surface area (Å²) in [7, 11) is 0. The minimum atomic E-state index is -0.423. The van der Waals surface area contributed by atoms with Gasteiger partial charge in [0.2, 0.25) is 0 Å². The third kappa shape index (κ3) is 2.04. The summed E-state index contributed by atoms with van der Waals surface area (Å²) in [5, 5.41) is 0. The fourth-order valence-corrected chi connectivity index (χ4v) is 0.636. The molecule has 0 unspecified atom stereocenters. The van der Waals surface area contributed by atoms with Crippen LogP contribution < -0.4 is 0 Å². The highest BCUT2D eigenvalue weighted by Gasteiger charge is 2.05. The Hall–Kier alpha value is -1.38. The van der Waals surface area contributed by atoms with E-state index in [1.165, 1.54) is 6.20 Å². The van der Waals surface area contributed by atoms with Crippen LogP contribution in [0.1, 0.15) is 17.4 Å². The first-order valence-electron chi connectivity index (χ1n) is 3.34. The fraction of sp³-hybridized carbons (Fsp3) is 0.250. The number of esters is 1. The Kier molecular flexibility index (Phi) is 2.60. The molecule has 0 bridgehead atoms. The second kappa shape index (κ2) is 3.71. The molecule has 0 aliphatic heterocycles. The minimum absolute atomic E-state index is 0.231. The zero-order valence-corrected chi connectivity index (χ0v) is 6.20. The summed E-state index contributed by atoms with van der Waals surface area (Å²) in [5.74, 6) is -0.423. The van der Waals surface area contributed by atoms with Crippen LogP contribution in [0.2, 0.25) is 0 Å². The Morgan fingerprint density at radius 2 is 2.64 bits per heavy atom. The first-order valence-corrected chi connectivity index (χ1v) is 3.34. The van der Waals surface area contributed by atoms with E-state index in [0.29, 0.717) is 6.61 Å². The monoisotopic (exact) mass is 150 g/mol. The average Bonchev–Trinajstić information content (AvgIpc) is 2.07. The lowest BCUT2D eigenvalue weighted by Gasteiger charge is -1.97. The summed E-state index contributed by atoms with van der Waals surface area (Å²) in [6.45, 7) is 2.12. The topological polar surface area (TPSA) is 39.2 Å². The molecule has 11 heavy (non-hydrogen) atoms. The van der Waals surface area contributed by atoms with Crippen LogP contribution in [0, 0.1) is 6.07 Å². The van der Waals surface area contributed by atoms with E-state index in [4.69, 9.17) is 4.74 Å². The van der Waals surface area contributed by atoms with Gasteiger partial charge in [-0.3, -0.25) is 0 Å². The summed E-state index contributed by atoms with van der Waals surface area (Å²) in [5.41, 5.74) is 0.231. The second-order valence-corrected chi connectivity index (χ2v) is 1.85.